The minimum Gasteiger partial charge on any atom is -0.481 e. The van der Waals surface area contributed by atoms with Gasteiger partial charge in [-0.2, -0.15) is 13.2 Å². The van der Waals surface area contributed by atoms with Crippen LogP contribution in [0, 0.1) is 5.92 Å². The fourth-order valence-electron chi connectivity index (χ4n) is 1.51. The molecule has 0 saturated carbocycles. The molecule has 1 heterocycles. The fourth-order valence-corrected chi connectivity index (χ4v) is 2.79. The number of halogens is 3. The van der Waals surface area contributed by atoms with Gasteiger partial charge < -0.3 is 10.0 Å². The van der Waals surface area contributed by atoms with Crippen molar-refractivity contribution in [3.63, 3.8) is 0 Å². The molecule has 17 heavy (non-hydrogen) atoms. The molecule has 100 valence electrons. The summed E-state index contributed by atoms with van der Waals surface area (Å²) in [5.41, 5.74) is 0. The molecule has 0 radical (unpaired) electrons. The van der Waals surface area contributed by atoms with Gasteiger partial charge in [-0.05, 0) is 0 Å². The van der Waals surface area contributed by atoms with Crippen LogP contribution in [0.3, 0.4) is 0 Å². The van der Waals surface area contributed by atoms with E-state index in [0.29, 0.717) is 0 Å². The zero-order valence-electron chi connectivity index (χ0n) is 8.77. The van der Waals surface area contributed by atoms with E-state index >= 15 is 0 Å². The molecule has 1 N–H and O–H groups in total. The first kappa shape index (κ1) is 14.2. The van der Waals surface area contributed by atoms with Gasteiger partial charge in [0.15, 0.2) is 15.8 Å². The number of carboxylic acid groups (broad SMARTS) is 1. The Kier molecular flexibility index (Phi) is 4.03. The second-order valence-corrected chi connectivity index (χ2v) is 6.19. The van der Waals surface area contributed by atoms with Crippen LogP contribution in [-0.2, 0) is 14.6 Å². The Bertz CT molecular complexity index is 378. The molecule has 0 aromatic rings. The molecule has 1 rings (SSSR count). The molecular weight excluding hydrogens is 263 g/mol. The Balaban J connectivity index is 2.62. The van der Waals surface area contributed by atoms with Crippen LogP contribution in [-0.4, -0.2) is 61.7 Å². The van der Waals surface area contributed by atoms with E-state index in [-0.39, 0.29) is 24.6 Å². The summed E-state index contributed by atoms with van der Waals surface area (Å²) in [6, 6.07) is 0. The van der Waals surface area contributed by atoms with Gasteiger partial charge in [-0.1, -0.05) is 0 Å². The number of alkyl halides is 3. The molecule has 0 aromatic heterocycles. The zero-order chi connectivity index (χ0) is 13.3. The number of carboxylic acids is 1. The van der Waals surface area contributed by atoms with Crippen LogP contribution < -0.4 is 0 Å². The Morgan fingerprint density at radius 2 is 1.76 bits per heavy atom. The molecule has 1 aliphatic rings. The minimum atomic E-state index is -4.82. The molecule has 0 aromatic carbocycles. The summed E-state index contributed by atoms with van der Waals surface area (Å²) in [6.45, 7) is -0.807. The van der Waals surface area contributed by atoms with Crippen molar-refractivity contribution in [3.05, 3.63) is 0 Å². The monoisotopic (exact) mass is 275 g/mol. The Morgan fingerprint density at radius 3 is 2.12 bits per heavy atom. The second-order valence-electron chi connectivity index (χ2n) is 3.88. The van der Waals surface area contributed by atoms with E-state index < -0.39 is 34.4 Å². The van der Waals surface area contributed by atoms with Crippen molar-refractivity contribution in [2.24, 2.45) is 5.92 Å². The first-order valence-electron chi connectivity index (χ1n) is 4.84. The van der Waals surface area contributed by atoms with Gasteiger partial charge in [-0.15, -0.1) is 0 Å². The second kappa shape index (κ2) is 4.81. The lowest BCUT2D eigenvalue weighted by Crippen LogP contribution is -2.47. The lowest BCUT2D eigenvalue weighted by atomic mass is 10.1. The van der Waals surface area contributed by atoms with Crippen molar-refractivity contribution < 1.29 is 31.5 Å². The maximum atomic E-state index is 12.4. The number of hydrogen-bond acceptors (Lipinski definition) is 4. The first-order chi connectivity index (χ1) is 7.62. The number of rotatable bonds is 3. The molecule has 1 fully saturated rings. The Labute approximate surface area is 96.1 Å². The van der Waals surface area contributed by atoms with Crippen LogP contribution >= 0.6 is 0 Å². The van der Waals surface area contributed by atoms with E-state index in [4.69, 9.17) is 5.11 Å². The lowest BCUT2D eigenvalue weighted by Gasteiger charge is -2.29. The third-order valence-electron chi connectivity index (χ3n) is 2.57. The highest BCUT2D eigenvalue weighted by Crippen LogP contribution is 2.27. The topological polar surface area (TPSA) is 74.7 Å². The number of nitrogens with zero attached hydrogens (tertiary/aromatic N) is 1. The average Bonchev–Trinajstić information content (AvgIpc) is 2.13. The normalized spacial score (nSPS) is 23.2. The summed E-state index contributed by atoms with van der Waals surface area (Å²) in [4.78, 5) is 11.7. The van der Waals surface area contributed by atoms with Crippen LogP contribution in [0.4, 0.5) is 13.2 Å². The van der Waals surface area contributed by atoms with Gasteiger partial charge >= 0.3 is 12.1 Å². The molecule has 5 nitrogen and oxygen atoms in total. The van der Waals surface area contributed by atoms with Crippen molar-refractivity contribution in [1.29, 1.82) is 0 Å². The van der Waals surface area contributed by atoms with E-state index in [9.17, 15) is 26.4 Å². The molecule has 1 atom stereocenters. The molecule has 1 aliphatic heterocycles. The van der Waals surface area contributed by atoms with Gasteiger partial charge in [0.05, 0.1) is 11.5 Å². The molecular formula is C8H12F3NO4S. The van der Waals surface area contributed by atoms with E-state index in [1.807, 2.05) is 0 Å². The number of aliphatic carboxylic acids is 1. The Hall–Kier alpha value is -0.830. The third kappa shape index (κ3) is 4.15. The molecule has 0 bridgehead atoms. The third-order valence-corrected chi connectivity index (χ3v) is 4.18. The molecule has 0 amide bonds. The first-order valence-corrected chi connectivity index (χ1v) is 6.66. The van der Waals surface area contributed by atoms with Crippen molar-refractivity contribution in [2.45, 2.75) is 6.18 Å². The van der Waals surface area contributed by atoms with Crippen LogP contribution in [0.25, 0.3) is 0 Å². The number of hydrogen-bond donors (Lipinski definition) is 1. The quantitative estimate of drug-likeness (QED) is 0.783. The summed E-state index contributed by atoms with van der Waals surface area (Å²) < 4.78 is 59.2. The summed E-state index contributed by atoms with van der Waals surface area (Å²) in [5, 5.41) is 8.48. The SMILES string of the molecule is O=C(O)C(CN1CCS(=O)(=O)CC1)C(F)(F)F. The largest absolute Gasteiger partial charge is 0.481 e. The van der Waals surface area contributed by atoms with Crippen molar-refractivity contribution in [2.75, 3.05) is 31.1 Å². The van der Waals surface area contributed by atoms with Crippen molar-refractivity contribution in [1.82, 2.24) is 4.90 Å². The van der Waals surface area contributed by atoms with E-state index in [0.717, 1.165) is 0 Å². The summed E-state index contributed by atoms with van der Waals surface area (Å²) >= 11 is 0. The maximum Gasteiger partial charge on any atom is 0.403 e. The molecule has 1 unspecified atom stereocenters. The van der Waals surface area contributed by atoms with Crippen LogP contribution in [0.1, 0.15) is 0 Å². The smallest absolute Gasteiger partial charge is 0.403 e. The maximum absolute atomic E-state index is 12.4. The van der Waals surface area contributed by atoms with Crippen molar-refractivity contribution >= 4 is 15.8 Å². The highest BCUT2D eigenvalue weighted by molar-refractivity contribution is 7.91. The van der Waals surface area contributed by atoms with Crippen LogP contribution in [0.5, 0.6) is 0 Å². The van der Waals surface area contributed by atoms with Gasteiger partial charge in [0.25, 0.3) is 0 Å². The van der Waals surface area contributed by atoms with Gasteiger partial charge in [0.2, 0.25) is 0 Å². The van der Waals surface area contributed by atoms with E-state index in [2.05, 4.69) is 0 Å². The minimum absolute atomic E-state index is 0.0534. The molecule has 0 aliphatic carbocycles. The number of sulfone groups is 1. The standard InChI is InChI=1S/C8H12F3NO4S/c9-8(10,11)6(7(13)14)5-12-1-3-17(15,16)4-2-12/h6H,1-5H2,(H,13,14). The molecule has 1 saturated heterocycles. The fraction of sp³-hybridized carbons (Fsp3) is 0.875. The zero-order valence-corrected chi connectivity index (χ0v) is 9.59. The highest BCUT2D eigenvalue weighted by Gasteiger charge is 2.46. The summed E-state index contributed by atoms with van der Waals surface area (Å²) in [5.74, 6) is -4.86. The average molecular weight is 275 g/mol. The van der Waals surface area contributed by atoms with Crippen LogP contribution in [0.2, 0.25) is 0 Å². The predicted octanol–water partition coefficient (Wildman–Crippen LogP) is -0.0201. The summed E-state index contributed by atoms with van der Waals surface area (Å²) in [6.07, 6.45) is -4.82. The summed E-state index contributed by atoms with van der Waals surface area (Å²) in [7, 11) is -3.18. The van der Waals surface area contributed by atoms with Gasteiger partial charge in [-0.3, -0.25) is 4.79 Å². The predicted molar refractivity (Wildman–Crippen MR) is 52.3 cm³/mol. The number of carbonyl (C=O) groups is 1. The lowest BCUT2D eigenvalue weighted by molar-refractivity contribution is -0.196. The molecule has 9 heteroatoms. The van der Waals surface area contributed by atoms with Crippen molar-refractivity contribution in [3.8, 4) is 0 Å². The Morgan fingerprint density at radius 1 is 1.29 bits per heavy atom. The van der Waals surface area contributed by atoms with Crippen LogP contribution in [0.15, 0.2) is 0 Å². The van der Waals surface area contributed by atoms with Gasteiger partial charge in [0.1, 0.15) is 0 Å². The van der Waals surface area contributed by atoms with E-state index in [1.165, 1.54) is 4.90 Å². The van der Waals surface area contributed by atoms with Gasteiger partial charge in [0, 0.05) is 19.6 Å². The molecule has 0 spiro atoms. The van der Waals surface area contributed by atoms with E-state index in [1.54, 1.807) is 0 Å². The highest BCUT2D eigenvalue weighted by atomic mass is 32.2. The van der Waals surface area contributed by atoms with Gasteiger partial charge in [-0.25, -0.2) is 8.42 Å².